The van der Waals surface area contributed by atoms with Crippen LogP contribution in [0, 0.1) is 0 Å². The molecular weight excluding hydrogens is 130 g/mol. The third-order valence-corrected chi connectivity index (χ3v) is 2.85. The minimum Gasteiger partial charge on any atom is -0.249 e. The Morgan fingerprint density at radius 1 is 1.78 bits per heavy atom. The summed E-state index contributed by atoms with van der Waals surface area (Å²) in [5.74, 6) is 0.728. The molecule has 1 aliphatic carbocycles. The Hall–Kier alpha value is -0.370. The molecule has 1 aliphatic rings. The summed E-state index contributed by atoms with van der Waals surface area (Å²) in [6, 6.07) is 0. The third kappa shape index (κ3) is 0.697. The van der Waals surface area contributed by atoms with Crippen LogP contribution in [0.2, 0.25) is 0 Å². The van der Waals surface area contributed by atoms with Gasteiger partial charge in [-0.15, -0.1) is 11.3 Å². The molecule has 0 amide bonds. The van der Waals surface area contributed by atoms with Crippen LogP contribution in [0.5, 0.6) is 0 Å². The summed E-state index contributed by atoms with van der Waals surface area (Å²) in [5.41, 5.74) is 3.32. The molecule has 48 valence electrons. The Balaban J connectivity index is 2.49. The monoisotopic (exact) mass is 139 g/mol. The average Bonchev–Trinajstić information content (AvgIpc) is 2.35. The lowest BCUT2D eigenvalue weighted by atomic mass is 10.1. The predicted molar refractivity (Wildman–Crippen MR) is 38.9 cm³/mol. The first-order valence-electron chi connectivity index (χ1n) is 3.30. The van der Waals surface area contributed by atoms with Gasteiger partial charge in [-0.1, -0.05) is 6.92 Å². The predicted octanol–water partition coefficient (Wildman–Crippen LogP) is 2.19. The van der Waals surface area contributed by atoms with Crippen molar-refractivity contribution >= 4 is 11.3 Å². The van der Waals surface area contributed by atoms with Crippen LogP contribution >= 0.6 is 11.3 Å². The van der Waals surface area contributed by atoms with E-state index in [4.69, 9.17) is 0 Å². The van der Waals surface area contributed by atoms with E-state index >= 15 is 0 Å². The van der Waals surface area contributed by atoms with Crippen LogP contribution in [-0.2, 0) is 6.42 Å². The Bertz CT molecular complexity index is 216. The summed E-state index contributed by atoms with van der Waals surface area (Å²) in [7, 11) is 0. The Labute approximate surface area is 58.7 Å². The SMILES string of the molecule is C[C@@H]1CCc2scnc21. The van der Waals surface area contributed by atoms with Crippen molar-refractivity contribution in [1.82, 2.24) is 4.98 Å². The molecule has 0 radical (unpaired) electrons. The largest absolute Gasteiger partial charge is 0.249 e. The van der Waals surface area contributed by atoms with Crippen LogP contribution < -0.4 is 0 Å². The fourth-order valence-electron chi connectivity index (χ4n) is 1.35. The van der Waals surface area contributed by atoms with E-state index in [1.165, 1.54) is 23.4 Å². The van der Waals surface area contributed by atoms with E-state index in [1.54, 1.807) is 11.3 Å². The van der Waals surface area contributed by atoms with Crippen LogP contribution in [0.15, 0.2) is 5.51 Å². The molecule has 1 aromatic heterocycles. The zero-order valence-electron chi connectivity index (χ0n) is 5.42. The van der Waals surface area contributed by atoms with Crippen molar-refractivity contribution in [2.75, 3.05) is 0 Å². The van der Waals surface area contributed by atoms with Gasteiger partial charge >= 0.3 is 0 Å². The number of fused-ring (bicyclic) bond motifs is 1. The molecule has 1 heterocycles. The normalized spacial score (nSPS) is 24.3. The van der Waals surface area contributed by atoms with Crippen molar-refractivity contribution in [3.8, 4) is 0 Å². The van der Waals surface area contributed by atoms with Gasteiger partial charge in [-0.3, -0.25) is 0 Å². The van der Waals surface area contributed by atoms with Crippen molar-refractivity contribution in [3.05, 3.63) is 16.1 Å². The molecule has 1 aromatic rings. The van der Waals surface area contributed by atoms with E-state index in [2.05, 4.69) is 11.9 Å². The Kier molecular flexibility index (Phi) is 1.09. The highest BCUT2D eigenvalue weighted by Crippen LogP contribution is 2.33. The molecule has 0 spiro atoms. The smallest absolute Gasteiger partial charge is 0.0797 e. The van der Waals surface area contributed by atoms with Crippen molar-refractivity contribution in [2.45, 2.75) is 25.7 Å². The van der Waals surface area contributed by atoms with E-state index < -0.39 is 0 Å². The number of hydrogen-bond donors (Lipinski definition) is 0. The van der Waals surface area contributed by atoms with Crippen molar-refractivity contribution in [2.24, 2.45) is 0 Å². The number of aryl methyl sites for hydroxylation is 1. The first-order valence-corrected chi connectivity index (χ1v) is 4.18. The van der Waals surface area contributed by atoms with Crippen molar-refractivity contribution in [3.63, 3.8) is 0 Å². The minimum absolute atomic E-state index is 0.728. The zero-order chi connectivity index (χ0) is 6.27. The van der Waals surface area contributed by atoms with Gasteiger partial charge in [0.1, 0.15) is 0 Å². The number of thiazole rings is 1. The van der Waals surface area contributed by atoms with Gasteiger partial charge < -0.3 is 0 Å². The maximum Gasteiger partial charge on any atom is 0.0797 e. The fraction of sp³-hybridized carbons (Fsp3) is 0.571. The maximum absolute atomic E-state index is 4.30. The van der Waals surface area contributed by atoms with Gasteiger partial charge in [-0.25, -0.2) is 4.98 Å². The van der Waals surface area contributed by atoms with E-state index in [0.717, 1.165) is 5.92 Å². The molecule has 0 unspecified atom stereocenters. The standard InChI is InChI=1S/C7H9NS/c1-5-2-3-6-7(5)8-4-9-6/h4-5H,2-3H2,1H3/t5-/m1/s1. The molecule has 1 atom stereocenters. The molecule has 0 bridgehead atoms. The van der Waals surface area contributed by atoms with Gasteiger partial charge in [-0.2, -0.15) is 0 Å². The van der Waals surface area contributed by atoms with E-state index in [-0.39, 0.29) is 0 Å². The molecule has 0 N–H and O–H groups in total. The number of nitrogens with zero attached hydrogens (tertiary/aromatic N) is 1. The highest BCUT2D eigenvalue weighted by molar-refractivity contribution is 7.09. The lowest BCUT2D eigenvalue weighted by Gasteiger charge is -1.94. The molecule has 2 rings (SSSR count). The van der Waals surface area contributed by atoms with Gasteiger partial charge in [0.2, 0.25) is 0 Å². The van der Waals surface area contributed by atoms with E-state index in [1.807, 2.05) is 5.51 Å². The molecule has 0 saturated heterocycles. The van der Waals surface area contributed by atoms with Crippen LogP contribution in [0.25, 0.3) is 0 Å². The van der Waals surface area contributed by atoms with Gasteiger partial charge in [0.15, 0.2) is 0 Å². The van der Waals surface area contributed by atoms with Crippen LogP contribution in [-0.4, -0.2) is 4.98 Å². The third-order valence-electron chi connectivity index (χ3n) is 1.94. The number of rotatable bonds is 0. The molecular formula is C7H9NS. The molecule has 1 nitrogen and oxygen atoms in total. The second kappa shape index (κ2) is 1.81. The molecule has 9 heavy (non-hydrogen) atoms. The quantitative estimate of drug-likeness (QED) is 0.537. The lowest BCUT2D eigenvalue weighted by Crippen LogP contribution is -1.84. The summed E-state index contributed by atoms with van der Waals surface area (Å²) in [6.07, 6.45) is 2.58. The van der Waals surface area contributed by atoms with Crippen LogP contribution in [0.1, 0.15) is 29.8 Å². The van der Waals surface area contributed by atoms with E-state index in [9.17, 15) is 0 Å². The van der Waals surface area contributed by atoms with E-state index in [0.29, 0.717) is 0 Å². The maximum atomic E-state index is 4.30. The summed E-state index contributed by atoms with van der Waals surface area (Å²) >= 11 is 1.80. The molecule has 0 aliphatic heterocycles. The second-order valence-corrected chi connectivity index (χ2v) is 3.54. The highest BCUT2D eigenvalue weighted by atomic mass is 32.1. The highest BCUT2D eigenvalue weighted by Gasteiger charge is 2.20. The summed E-state index contributed by atoms with van der Waals surface area (Å²) in [6.45, 7) is 2.26. The molecule has 0 saturated carbocycles. The minimum atomic E-state index is 0.728. The van der Waals surface area contributed by atoms with Crippen molar-refractivity contribution < 1.29 is 0 Å². The second-order valence-electron chi connectivity index (χ2n) is 2.60. The Morgan fingerprint density at radius 2 is 2.67 bits per heavy atom. The Morgan fingerprint density at radius 3 is 3.44 bits per heavy atom. The molecule has 0 aromatic carbocycles. The number of hydrogen-bond acceptors (Lipinski definition) is 2. The summed E-state index contributed by atoms with van der Waals surface area (Å²) < 4.78 is 0. The van der Waals surface area contributed by atoms with Gasteiger partial charge in [-0.05, 0) is 18.8 Å². The lowest BCUT2D eigenvalue weighted by molar-refractivity contribution is 0.731. The zero-order valence-corrected chi connectivity index (χ0v) is 6.24. The van der Waals surface area contributed by atoms with Gasteiger partial charge in [0.05, 0.1) is 11.2 Å². The van der Waals surface area contributed by atoms with Crippen LogP contribution in [0.3, 0.4) is 0 Å². The topological polar surface area (TPSA) is 12.9 Å². The summed E-state index contributed by atoms with van der Waals surface area (Å²) in [5, 5.41) is 0. The average molecular weight is 139 g/mol. The first kappa shape index (κ1) is 5.42. The first-order chi connectivity index (χ1) is 4.38. The van der Waals surface area contributed by atoms with Gasteiger partial charge in [0, 0.05) is 4.88 Å². The number of aromatic nitrogens is 1. The molecule has 0 fully saturated rings. The van der Waals surface area contributed by atoms with Crippen molar-refractivity contribution in [1.29, 1.82) is 0 Å². The molecule has 2 heteroatoms. The fourth-order valence-corrected chi connectivity index (χ4v) is 2.26. The summed E-state index contributed by atoms with van der Waals surface area (Å²) in [4.78, 5) is 5.81. The van der Waals surface area contributed by atoms with Crippen LogP contribution in [0.4, 0.5) is 0 Å². The van der Waals surface area contributed by atoms with Gasteiger partial charge in [0.25, 0.3) is 0 Å².